The van der Waals surface area contributed by atoms with E-state index in [0.717, 1.165) is 15.2 Å². The summed E-state index contributed by atoms with van der Waals surface area (Å²) >= 11 is 1.54. The summed E-state index contributed by atoms with van der Waals surface area (Å²) in [6, 6.07) is 18.0. The van der Waals surface area contributed by atoms with Crippen LogP contribution < -0.4 is 5.11 Å². The van der Waals surface area contributed by atoms with Crippen molar-refractivity contribution in [1.82, 2.24) is 4.98 Å². The van der Waals surface area contributed by atoms with Gasteiger partial charge < -0.3 is 14.3 Å². The van der Waals surface area contributed by atoms with Crippen LogP contribution in [0.3, 0.4) is 0 Å². The first-order valence-corrected chi connectivity index (χ1v) is 7.80. The highest BCUT2D eigenvalue weighted by atomic mass is 32.1. The fraction of sp³-hybridized carbons (Fsp3) is 0. The standard InChI is InChI=1S/C18H11NO3S/c20-18(21)12-6-2-1-5-11(12)14-9-10-15(22-14)17-19-13-7-3-4-8-16(13)23-17/h1-10H,(H,20,21)/p-1. The Labute approximate surface area is 135 Å². The van der Waals surface area contributed by atoms with E-state index in [1.165, 1.54) is 17.4 Å². The SMILES string of the molecule is O=C([O-])c1ccccc1-c1ccc(-c2nc3ccccc3s2)o1. The van der Waals surface area contributed by atoms with E-state index in [0.29, 0.717) is 17.1 Å². The molecule has 0 fully saturated rings. The van der Waals surface area contributed by atoms with Gasteiger partial charge in [0.2, 0.25) is 0 Å². The van der Waals surface area contributed by atoms with Gasteiger partial charge in [-0.25, -0.2) is 4.98 Å². The van der Waals surface area contributed by atoms with Gasteiger partial charge in [0.05, 0.1) is 16.2 Å². The zero-order chi connectivity index (χ0) is 15.8. The van der Waals surface area contributed by atoms with Crippen LogP contribution in [0.4, 0.5) is 0 Å². The minimum atomic E-state index is -1.22. The Balaban J connectivity index is 1.79. The molecule has 5 heteroatoms. The third-order valence-corrected chi connectivity index (χ3v) is 4.57. The maximum absolute atomic E-state index is 11.2. The number of aromatic nitrogens is 1. The molecular weight excluding hydrogens is 310 g/mol. The van der Waals surface area contributed by atoms with E-state index < -0.39 is 5.97 Å². The lowest BCUT2D eigenvalue weighted by atomic mass is 10.1. The van der Waals surface area contributed by atoms with Crippen molar-refractivity contribution in [2.24, 2.45) is 0 Å². The Morgan fingerprint density at radius 2 is 1.70 bits per heavy atom. The first kappa shape index (κ1) is 13.7. The molecule has 0 aliphatic carbocycles. The van der Waals surface area contributed by atoms with Gasteiger partial charge in [0.1, 0.15) is 5.76 Å². The summed E-state index contributed by atoms with van der Waals surface area (Å²) in [5.74, 6) is -0.119. The van der Waals surface area contributed by atoms with Crippen molar-refractivity contribution in [3.8, 4) is 22.1 Å². The van der Waals surface area contributed by atoms with Crippen molar-refractivity contribution in [2.45, 2.75) is 0 Å². The summed E-state index contributed by atoms with van der Waals surface area (Å²) in [6.45, 7) is 0. The second-order valence-electron chi connectivity index (χ2n) is 4.98. The minimum absolute atomic E-state index is 0.109. The Kier molecular flexibility index (Phi) is 3.20. The average molecular weight is 320 g/mol. The number of carboxylic acid groups (broad SMARTS) is 1. The molecule has 2 aromatic carbocycles. The molecule has 0 unspecified atom stereocenters. The number of thiazole rings is 1. The van der Waals surface area contributed by atoms with E-state index in [1.807, 2.05) is 24.3 Å². The zero-order valence-electron chi connectivity index (χ0n) is 11.9. The molecule has 23 heavy (non-hydrogen) atoms. The van der Waals surface area contributed by atoms with Crippen LogP contribution in [0.5, 0.6) is 0 Å². The molecule has 2 heterocycles. The third kappa shape index (κ3) is 2.41. The molecular formula is C18H10NO3S-. The molecule has 0 bridgehead atoms. The lowest BCUT2D eigenvalue weighted by Gasteiger charge is -2.07. The molecule has 0 atom stereocenters. The molecule has 0 aliphatic heterocycles. The highest BCUT2D eigenvalue weighted by molar-refractivity contribution is 7.21. The van der Waals surface area contributed by atoms with Gasteiger partial charge in [-0.15, -0.1) is 11.3 Å². The maximum atomic E-state index is 11.2. The molecule has 4 aromatic rings. The smallest absolute Gasteiger partial charge is 0.163 e. The first-order chi connectivity index (χ1) is 11.2. The number of benzene rings is 2. The summed E-state index contributed by atoms with van der Waals surface area (Å²) in [4.78, 5) is 15.8. The van der Waals surface area contributed by atoms with Crippen LogP contribution in [0.2, 0.25) is 0 Å². The first-order valence-electron chi connectivity index (χ1n) is 6.99. The molecule has 0 radical (unpaired) electrons. The summed E-state index contributed by atoms with van der Waals surface area (Å²) in [5.41, 5.74) is 1.53. The fourth-order valence-electron chi connectivity index (χ4n) is 2.45. The number of carboxylic acids is 1. The van der Waals surface area contributed by atoms with E-state index in [9.17, 15) is 9.90 Å². The van der Waals surface area contributed by atoms with Crippen LogP contribution in [0, 0.1) is 0 Å². The number of carbonyl (C=O) groups is 1. The molecule has 0 saturated carbocycles. The van der Waals surface area contributed by atoms with Gasteiger partial charge >= 0.3 is 0 Å². The van der Waals surface area contributed by atoms with Gasteiger partial charge in [-0.1, -0.05) is 36.4 Å². The van der Waals surface area contributed by atoms with Crippen molar-refractivity contribution in [2.75, 3.05) is 0 Å². The number of hydrogen-bond acceptors (Lipinski definition) is 5. The average Bonchev–Trinajstić information content (AvgIpc) is 3.21. The van der Waals surface area contributed by atoms with Crippen LogP contribution in [0.25, 0.3) is 32.3 Å². The topological polar surface area (TPSA) is 66.2 Å². The predicted molar refractivity (Wildman–Crippen MR) is 87.1 cm³/mol. The number of carbonyl (C=O) groups excluding carboxylic acids is 1. The van der Waals surface area contributed by atoms with E-state index in [-0.39, 0.29) is 5.56 Å². The Morgan fingerprint density at radius 1 is 0.957 bits per heavy atom. The number of rotatable bonds is 3. The van der Waals surface area contributed by atoms with Crippen LogP contribution in [-0.4, -0.2) is 11.0 Å². The minimum Gasteiger partial charge on any atom is -0.545 e. The Hall–Kier alpha value is -2.92. The van der Waals surface area contributed by atoms with E-state index >= 15 is 0 Å². The molecule has 0 spiro atoms. The molecule has 2 aromatic heterocycles. The highest BCUT2D eigenvalue weighted by Gasteiger charge is 2.13. The highest BCUT2D eigenvalue weighted by Crippen LogP contribution is 2.34. The second-order valence-corrected chi connectivity index (χ2v) is 6.01. The Morgan fingerprint density at radius 3 is 2.52 bits per heavy atom. The van der Waals surface area contributed by atoms with Gasteiger partial charge in [0, 0.05) is 11.1 Å². The van der Waals surface area contributed by atoms with Crippen molar-refractivity contribution >= 4 is 27.5 Å². The van der Waals surface area contributed by atoms with Crippen LogP contribution in [0.15, 0.2) is 65.1 Å². The molecule has 4 rings (SSSR count). The number of para-hydroxylation sites is 1. The maximum Gasteiger partial charge on any atom is 0.163 e. The van der Waals surface area contributed by atoms with Crippen molar-refractivity contribution in [3.63, 3.8) is 0 Å². The van der Waals surface area contributed by atoms with Crippen LogP contribution in [-0.2, 0) is 0 Å². The molecule has 0 N–H and O–H groups in total. The van der Waals surface area contributed by atoms with Gasteiger partial charge in [0.25, 0.3) is 0 Å². The largest absolute Gasteiger partial charge is 0.545 e. The Bertz CT molecular complexity index is 983. The van der Waals surface area contributed by atoms with Gasteiger partial charge in [-0.2, -0.15) is 0 Å². The quantitative estimate of drug-likeness (QED) is 0.578. The van der Waals surface area contributed by atoms with E-state index in [1.54, 1.807) is 30.3 Å². The monoisotopic (exact) mass is 320 g/mol. The summed E-state index contributed by atoms with van der Waals surface area (Å²) in [5, 5.41) is 12.0. The fourth-order valence-corrected chi connectivity index (χ4v) is 3.38. The van der Waals surface area contributed by atoms with E-state index in [4.69, 9.17) is 4.42 Å². The molecule has 4 nitrogen and oxygen atoms in total. The third-order valence-electron chi connectivity index (χ3n) is 3.52. The predicted octanol–water partition coefficient (Wildman–Crippen LogP) is 3.59. The molecule has 0 saturated heterocycles. The molecule has 0 aliphatic rings. The zero-order valence-corrected chi connectivity index (χ0v) is 12.7. The lowest BCUT2D eigenvalue weighted by Crippen LogP contribution is -2.22. The summed E-state index contributed by atoms with van der Waals surface area (Å²) < 4.78 is 6.91. The molecule has 112 valence electrons. The van der Waals surface area contributed by atoms with Crippen molar-refractivity contribution in [3.05, 3.63) is 66.2 Å². The van der Waals surface area contributed by atoms with Crippen molar-refractivity contribution < 1.29 is 14.3 Å². The normalized spacial score (nSPS) is 11.0. The van der Waals surface area contributed by atoms with E-state index in [2.05, 4.69) is 4.98 Å². The second kappa shape index (κ2) is 5.37. The van der Waals surface area contributed by atoms with Crippen LogP contribution in [0.1, 0.15) is 10.4 Å². The summed E-state index contributed by atoms with van der Waals surface area (Å²) in [6.07, 6.45) is 0. The number of fused-ring (bicyclic) bond motifs is 1. The lowest BCUT2D eigenvalue weighted by molar-refractivity contribution is -0.254. The van der Waals surface area contributed by atoms with Crippen LogP contribution >= 0.6 is 11.3 Å². The molecule has 0 amide bonds. The number of furan rings is 1. The van der Waals surface area contributed by atoms with Gasteiger partial charge in [0.15, 0.2) is 10.8 Å². The van der Waals surface area contributed by atoms with Gasteiger partial charge in [-0.3, -0.25) is 0 Å². The number of nitrogens with zero attached hydrogens (tertiary/aromatic N) is 1. The number of hydrogen-bond donors (Lipinski definition) is 0. The summed E-state index contributed by atoms with van der Waals surface area (Å²) in [7, 11) is 0. The van der Waals surface area contributed by atoms with Gasteiger partial charge in [-0.05, 0) is 24.3 Å². The van der Waals surface area contributed by atoms with Crippen molar-refractivity contribution in [1.29, 1.82) is 0 Å². The number of aromatic carboxylic acids is 1.